The zero-order valence-electron chi connectivity index (χ0n) is 19.7. The van der Waals surface area contributed by atoms with E-state index in [4.69, 9.17) is 9.90 Å². The van der Waals surface area contributed by atoms with Crippen LogP contribution in [-0.2, 0) is 14.8 Å². The Kier molecular flexibility index (Phi) is 8.24. The monoisotopic (exact) mass is 485 g/mol. The average molecular weight is 486 g/mol. The zero-order valence-corrected chi connectivity index (χ0v) is 20.5. The molecule has 0 amide bonds. The summed E-state index contributed by atoms with van der Waals surface area (Å²) in [6.45, 7) is 4.28. The summed E-state index contributed by atoms with van der Waals surface area (Å²) in [5.74, 6) is 0.390. The first-order valence-electron chi connectivity index (χ1n) is 11.1. The number of benzene rings is 2. The van der Waals surface area contributed by atoms with Crippen molar-refractivity contribution in [2.75, 3.05) is 33.7 Å². The van der Waals surface area contributed by atoms with E-state index in [9.17, 15) is 13.2 Å². The lowest BCUT2D eigenvalue weighted by molar-refractivity contribution is -0.122. The Balaban J connectivity index is 0.00000103. The highest BCUT2D eigenvalue weighted by Crippen LogP contribution is 2.25. The number of aromatic amines is 1. The molecule has 1 saturated heterocycles. The molecule has 0 atom stereocenters. The first kappa shape index (κ1) is 25.6. The molecule has 0 radical (unpaired) electrons. The number of carbonyl (C=O) groups is 1. The summed E-state index contributed by atoms with van der Waals surface area (Å²) in [5.41, 5.74) is 2.33. The van der Waals surface area contributed by atoms with Crippen molar-refractivity contribution in [3.05, 3.63) is 64.4 Å². The third-order valence-corrected chi connectivity index (χ3v) is 8.17. The van der Waals surface area contributed by atoms with Gasteiger partial charge in [-0.3, -0.25) is 9.59 Å². The Morgan fingerprint density at radius 1 is 1.12 bits per heavy atom. The van der Waals surface area contributed by atoms with Crippen molar-refractivity contribution in [1.82, 2.24) is 14.2 Å². The molecule has 0 saturated carbocycles. The summed E-state index contributed by atoms with van der Waals surface area (Å²) < 4.78 is 27.6. The van der Waals surface area contributed by atoms with Crippen LogP contribution in [0.3, 0.4) is 0 Å². The smallest absolute Gasteiger partial charge is 0.290 e. The number of piperidine rings is 1. The number of rotatable bonds is 5. The quantitative estimate of drug-likeness (QED) is 0.537. The number of aryl methyl sites for hydroxylation is 1. The molecule has 3 aromatic rings. The van der Waals surface area contributed by atoms with Crippen molar-refractivity contribution < 1.29 is 18.3 Å². The first-order valence-corrected chi connectivity index (χ1v) is 12.6. The molecule has 4 rings (SSSR count). The first-order chi connectivity index (χ1) is 16.2. The van der Waals surface area contributed by atoms with E-state index in [0.717, 1.165) is 42.4 Å². The molecule has 1 fully saturated rings. The van der Waals surface area contributed by atoms with Gasteiger partial charge in [-0.1, -0.05) is 24.3 Å². The van der Waals surface area contributed by atoms with Crippen LogP contribution in [0.25, 0.3) is 22.0 Å². The predicted octanol–water partition coefficient (Wildman–Crippen LogP) is 3.17. The van der Waals surface area contributed by atoms with E-state index in [1.165, 1.54) is 4.31 Å². The van der Waals surface area contributed by atoms with E-state index in [0.29, 0.717) is 23.5 Å². The van der Waals surface area contributed by atoms with Gasteiger partial charge < -0.3 is 15.0 Å². The molecule has 8 nitrogen and oxygen atoms in total. The van der Waals surface area contributed by atoms with Gasteiger partial charge in [-0.05, 0) is 86.6 Å². The number of carboxylic acid groups (broad SMARTS) is 1. The van der Waals surface area contributed by atoms with Crippen molar-refractivity contribution in [2.45, 2.75) is 24.7 Å². The van der Waals surface area contributed by atoms with Gasteiger partial charge >= 0.3 is 0 Å². The maximum Gasteiger partial charge on any atom is 0.290 e. The molecule has 1 aromatic heterocycles. The standard InChI is InChI=1S/C24H29N3O3S.CH2O2/c1-17-5-4-6-21-22(17)15-23(25-24(21)28)19-7-9-20(10-8-19)31(29,30)27(3)16-18-11-13-26(2)14-12-18;2-1-3/h4-10,15,18H,11-14,16H2,1-3H3,(H,25,28);1H,(H,2,3). The second-order valence-electron chi connectivity index (χ2n) is 8.71. The Hall–Kier alpha value is -3.01. The van der Waals surface area contributed by atoms with Crippen molar-refractivity contribution in [3.63, 3.8) is 0 Å². The number of sulfonamides is 1. The van der Waals surface area contributed by atoms with Gasteiger partial charge in [0.15, 0.2) is 0 Å². The zero-order chi connectivity index (χ0) is 24.9. The molecule has 2 N–H and O–H groups in total. The van der Waals surface area contributed by atoms with E-state index >= 15 is 0 Å². The molecule has 2 heterocycles. The summed E-state index contributed by atoms with van der Waals surface area (Å²) in [4.78, 5) is 26.3. The molecule has 0 spiro atoms. The minimum atomic E-state index is -3.55. The van der Waals surface area contributed by atoms with E-state index in [1.807, 2.05) is 25.1 Å². The number of H-pyrrole nitrogens is 1. The average Bonchev–Trinajstić information content (AvgIpc) is 2.81. The highest BCUT2D eigenvalue weighted by molar-refractivity contribution is 7.89. The van der Waals surface area contributed by atoms with E-state index < -0.39 is 10.0 Å². The molecular formula is C25H31N3O5S. The summed E-state index contributed by atoms with van der Waals surface area (Å²) in [6.07, 6.45) is 2.04. The summed E-state index contributed by atoms with van der Waals surface area (Å²) >= 11 is 0. The SMILES string of the molecule is Cc1cccc2c(=O)[nH]c(-c3ccc(S(=O)(=O)N(C)CC4CCN(C)CC4)cc3)cc12.O=CO. The largest absolute Gasteiger partial charge is 0.483 e. The highest BCUT2D eigenvalue weighted by atomic mass is 32.2. The van der Waals surface area contributed by atoms with Crippen molar-refractivity contribution in [1.29, 1.82) is 0 Å². The molecule has 1 aliphatic heterocycles. The molecule has 34 heavy (non-hydrogen) atoms. The van der Waals surface area contributed by atoms with Crippen LogP contribution in [0.15, 0.2) is 58.2 Å². The van der Waals surface area contributed by atoms with Gasteiger partial charge in [-0.25, -0.2) is 12.7 Å². The van der Waals surface area contributed by atoms with Crippen molar-refractivity contribution >= 4 is 27.3 Å². The normalized spacial score (nSPS) is 15.2. The van der Waals surface area contributed by atoms with Crippen LogP contribution >= 0.6 is 0 Å². The van der Waals surface area contributed by atoms with Gasteiger partial charge in [-0.15, -0.1) is 0 Å². The van der Waals surface area contributed by atoms with Gasteiger partial charge in [0, 0.05) is 24.7 Å². The Morgan fingerprint density at radius 2 is 1.74 bits per heavy atom. The van der Waals surface area contributed by atoms with Crippen LogP contribution < -0.4 is 5.56 Å². The second kappa shape index (κ2) is 10.9. The van der Waals surface area contributed by atoms with Crippen LogP contribution in [0, 0.1) is 12.8 Å². The number of hydrogen-bond donors (Lipinski definition) is 2. The van der Waals surface area contributed by atoms with Crippen molar-refractivity contribution in [2.24, 2.45) is 5.92 Å². The van der Waals surface area contributed by atoms with Crippen LogP contribution in [0.5, 0.6) is 0 Å². The lowest BCUT2D eigenvalue weighted by Gasteiger charge is -2.31. The van der Waals surface area contributed by atoms with Crippen LogP contribution in [0.1, 0.15) is 18.4 Å². The molecular weight excluding hydrogens is 454 g/mol. The maximum atomic E-state index is 13.0. The molecule has 0 aliphatic carbocycles. The fourth-order valence-electron chi connectivity index (χ4n) is 4.29. The van der Waals surface area contributed by atoms with Crippen molar-refractivity contribution in [3.8, 4) is 11.3 Å². The Bertz CT molecular complexity index is 1290. The molecule has 0 bridgehead atoms. The number of nitrogens with zero attached hydrogens (tertiary/aromatic N) is 2. The number of nitrogens with one attached hydrogen (secondary N) is 1. The number of likely N-dealkylation sites (tertiary alicyclic amines) is 1. The number of hydrogen-bond acceptors (Lipinski definition) is 5. The van der Waals surface area contributed by atoms with Gasteiger partial charge in [0.2, 0.25) is 10.0 Å². The highest BCUT2D eigenvalue weighted by Gasteiger charge is 2.25. The van der Waals surface area contributed by atoms with Crippen LogP contribution in [0.2, 0.25) is 0 Å². The predicted molar refractivity (Wildman–Crippen MR) is 133 cm³/mol. The molecule has 9 heteroatoms. The third-order valence-electron chi connectivity index (χ3n) is 6.33. The number of aromatic nitrogens is 1. The lowest BCUT2D eigenvalue weighted by atomic mass is 9.97. The Morgan fingerprint density at radius 3 is 2.35 bits per heavy atom. The number of pyridine rings is 1. The fourth-order valence-corrected chi connectivity index (χ4v) is 5.54. The molecule has 2 aromatic carbocycles. The third kappa shape index (κ3) is 5.72. The summed E-state index contributed by atoms with van der Waals surface area (Å²) in [6, 6.07) is 14.3. The van der Waals surface area contributed by atoms with Gasteiger partial charge in [0.1, 0.15) is 0 Å². The summed E-state index contributed by atoms with van der Waals surface area (Å²) in [5, 5.41) is 8.44. The van der Waals surface area contributed by atoms with E-state index in [1.54, 1.807) is 37.4 Å². The van der Waals surface area contributed by atoms with E-state index in [2.05, 4.69) is 16.9 Å². The van der Waals surface area contributed by atoms with Gasteiger partial charge in [0.05, 0.1) is 4.90 Å². The lowest BCUT2D eigenvalue weighted by Crippen LogP contribution is -2.37. The second-order valence-corrected chi connectivity index (χ2v) is 10.8. The minimum Gasteiger partial charge on any atom is -0.483 e. The minimum absolute atomic E-state index is 0.147. The van der Waals surface area contributed by atoms with Crippen LogP contribution in [0.4, 0.5) is 0 Å². The molecule has 0 unspecified atom stereocenters. The van der Waals surface area contributed by atoms with Crippen LogP contribution in [-0.4, -0.2) is 67.9 Å². The van der Waals surface area contributed by atoms with Gasteiger partial charge in [-0.2, -0.15) is 0 Å². The molecule has 1 aliphatic rings. The maximum absolute atomic E-state index is 13.0. The molecule has 182 valence electrons. The Labute approximate surface area is 199 Å². The summed E-state index contributed by atoms with van der Waals surface area (Å²) in [7, 11) is 0.205. The van der Waals surface area contributed by atoms with E-state index in [-0.39, 0.29) is 16.9 Å². The van der Waals surface area contributed by atoms with Gasteiger partial charge in [0.25, 0.3) is 12.0 Å². The fraction of sp³-hybridized carbons (Fsp3) is 0.360. The number of fused-ring (bicyclic) bond motifs is 1. The topological polar surface area (TPSA) is 111 Å².